The third-order valence-electron chi connectivity index (χ3n) is 4.28. The van der Waals surface area contributed by atoms with Crippen LogP contribution in [0.3, 0.4) is 0 Å². The fourth-order valence-corrected chi connectivity index (χ4v) is 4.66. The monoisotopic (exact) mass is 318 g/mol. The van der Waals surface area contributed by atoms with Crippen molar-refractivity contribution >= 4 is 64.7 Å². The number of hydrogen-bond acceptors (Lipinski definition) is 1. The minimum atomic E-state index is 0.800. The van der Waals surface area contributed by atoms with Crippen LogP contribution in [0.15, 0.2) is 66.7 Å². The van der Waals surface area contributed by atoms with E-state index < -0.39 is 0 Å². The van der Waals surface area contributed by atoms with Gasteiger partial charge >= 0.3 is 0 Å². The zero-order chi connectivity index (χ0) is 14.7. The molecule has 0 aliphatic carbocycles. The van der Waals surface area contributed by atoms with Crippen molar-refractivity contribution in [3.8, 4) is 0 Å². The Morgan fingerprint density at radius 1 is 0.636 bits per heavy atom. The van der Waals surface area contributed by atoms with E-state index in [2.05, 4.69) is 60.7 Å². The molecular formula is C20H11ClS. The Morgan fingerprint density at radius 2 is 1.45 bits per heavy atom. The second-order valence-corrected chi connectivity index (χ2v) is 7.12. The van der Waals surface area contributed by atoms with Crippen LogP contribution in [0.4, 0.5) is 0 Å². The highest BCUT2D eigenvalue weighted by atomic mass is 35.5. The van der Waals surface area contributed by atoms with Gasteiger partial charge in [-0.25, -0.2) is 0 Å². The SMILES string of the molecule is Clc1ccc2c(c1)sc1ccc3cc4ccccc4cc3c12. The molecule has 0 bridgehead atoms. The molecule has 1 heterocycles. The van der Waals surface area contributed by atoms with Gasteiger partial charge in [-0.2, -0.15) is 0 Å². The van der Waals surface area contributed by atoms with Crippen molar-refractivity contribution < 1.29 is 0 Å². The molecule has 4 aromatic carbocycles. The van der Waals surface area contributed by atoms with Gasteiger partial charge in [0.25, 0.3) is 0 Å². The van der Waals surface area contributed by atoms with Crippen LogP contribution in [0.5, 0.6) is 0 Å². The third kappa shape index (κ3) is 1.70. The zero-order valence-electron chi connectivity index (χ0n) is 11.6. The summed E-state index contributed by atoms with van der Waals surface area (Å²) < 4.78 is 2.57. The van der Waals surface area contributed by atoms with Crippen molar-refractivity contribution in [3.63, 3.8) is 0 Å². The molecule has 0 unspecified atom stereocenters. The summed E-state index contributed by atoms with van der Waals surface area (Å²) in [5.41, 5.74) is 0. The van der Waals surface area contributed by atoms with Crippen LogP contribution in [-0.2, 0) is 0 Å². The molecule has 1 aromatic heterocycles. The van der Waals surface area contributed by atoms with Crippen molar-refractivity contribution in [2.75, 3.05) is 0 Å². The lowest BCUT2D eigenvalue weighted by Crippen LogP contribution is -1.77. The van der Waals surface area contributed by atoms with E-state index in [9.17, 15) is 0 Å². The van der Waals surface area contributed by atoms with Crippen LogP contribution in [0.1, 0.15) is 0 Å². The Bertz CT molecular complexity index is 1180. The Labute approximate surface area is 136 Å². The summed E-state index contributed by atoms with van der Waals surface area (Å²) in [5, 5.41) is 8.64. The third-order valence-corrected chi connectivity index (χ3v) is 5.63. The molecule has 0 nitrogen and oxygen atoms in total. The van der Waals surface area contributed by atoms with Gasteiger partial charge in [0.15, 0.2) is 0 Å². The molecule has 0 atom stereocenters. The first-order chi connectivity index (χ1) is 10.8. The first kappa shape index (κ1) is 12.5. The predicted molar refractivity (Wildman–Crippen MR) is 99.4 cm³/mol. The van der Waals surface area contributed by atoms with Crippen LogP contribution < -0.4 is 0 Å². The molecular weight excluding hydrogens is 308 g/mol. The molecule has 0 saturated heterocycles. The highest BCUT2D eigenvalue weighted by Gasteiger charge is 2.10. The summed E-state index contributed by atoms with van der Waals surface area (Å²) in [6, 6.07) is 23.8. The summed E-state index contributed by atoms with van der Waals surface area (Å²) in [6.45, 7) is 0. The Balaban J connectivity index is 2.05. The molecule has 0 spiro atoms. The van der Waals surface area contributed by atoms with E-state index in [-0.39, 0.29) is 0 Å². The van der Waals surface area contributed by atoms with E-state index in [1.165, 1.54) is 41.7 Å². The quantitative estimate of drug-likeness (QED) is 0.269. The average molecular weight is 319 g/mol. The van der Waals surface area contributed by atoms with Crippen LogP contribution in [0.2, 0.25) is 5.02 Å². The smallest absolute Gasteiger partial charge is 0.0420 e. The van der Waals surface area contributed by atoms with Gasteiger partial charge in [-0.1, -0.05) is 48.0 Å². The molecule has 0 aliphatic rings. The lowest BCUT2D eigenvalue weighted by Gasteiger charge is -2.04. The van der Waals surface area contributed by atoms with Crippen molar-refractivity contribution in [1.29, 1.82) is 0 Å². The molecule has 0 radical (unpaired) electrons. The van der Waals surface area contributed by atoms with Crippen molar-refractivity contribution in [2.45, 2.75) is 0 Å². The number of benzene rings is 4. The molecule has 0 saturated carbocycles. The Kier molecular flexibility index (Phi) is 2.52. The molecule has 0 fully saturated rings. The first-order valence-electron chi connectivity index (χ1n) is 7.23. The summed E-state index contributed by atoms with van der Waals surface area (Å²) in [6.07, 6.45) is 0. The van der Waals surface area contributed by atoms with Gasteiger partial charge < -0.3 is 0 Å². The molecule has 2 heteroatoms. The van der Waals surface area contributed by atoms with Crippen LogP contribution >= 0.6 is 22.9 Å². The van der Waals surface area contributed by atoms with Gasteiger partial charge in [0.05, 0.1) is 0 Å². The first-order valence-corrected chi connectivity index (χ1v) is 8.42. The second-order valence-electron chi connectivity index (χ2n) is 5.60. The van der Waals surface area contributed by atoms with E-state index in [1.807, 2.05) is 17.4 Å². The van der Waals surface area contributed by atoms with Crippen LogP contribution in [0.25, 0.3) is 41.7 Å². The van der Waals surface area contributed by atoms with Crippen molar-refractivity contribution in [1.82, 2.24) is 0 Å². The standard InChI is InChI=1S/C20H11ClS/c21-15-6-7-16-19(11-15)22-18-8-5-14-9-12-3-1-2-4-13(12)10-17(14)20(16)18/h1-11H. The molecule has 0 aliphatic heterocycles. The van der Waals surface area contributed by atoms with Gasteiger partial charge in [-0.05, 0) is 51.9 Å². The van der Waals surface area contributed by atoms with Gasteiger partial charge in [-0.15, -0.1) is 11.3 Å². The highest BCUT2D eigenvalue weighted by Crippen LogP contribution is 2.40. The number of rotatable bonds is 0. The fourth-order valence-electron chi connectivity index (χ4n) is 3.26. The van der Waals surface area contributed by atoms with Crippen molar-refractivity contribution in [3.05, 3.63) is 71.8 Å². The van der Waals surface area contributed by atoms with E-state index in [0.29, 0.717) is 0 Å². The largest absolute Gasteiger partial charge is 0.135 e. The minimum Gasteiger partial charge on any atom is -0.135 e. The molecule has 104 valence electrons. The van der Waals surface area contributed by atoms with E-state index >= 15 is 0 Å². The molecule has 5 aromatic rings. The topological polar surface area (TPSA) is 0 Å². The number of thiophene rings is 1. The normalized spacial score (nSPS) is 11.9. The number of fused-ring (bicyclic) bond motifs is 6. The lowest BCUT2D eigenvalue weighted by molar-refractivity contribution is 1.80. The maximum Gasteiger partial charge on any atom is 0.0420 e. The van der Waals surface area contributed by atoms with Gasteiger partial charge in [0, 0.05) is 25.2 Å². The fraction of sp³-hybridized carbons (Fsp3) is 0. The molecule has 0 N–H and O–H groups in total. The molecule has 22 heavy (non-hydrogen) atoms. The maximum atomic E-state index is 6.15. The summed E-state index contributed by atoms with van der Waals surface area (Å²) in [4.78, 5) is 0. The molecule has 0 amide bonds. The van der Waals surface area contributed by atoms with Crippen LogP contribution in [0, 0.1) is 0 Å². The van der Waals surface area contributed by atoms with Gasteiger partial charge in [-0.3, -0.25) is 0 Å². The second kappa shape index (κ2) is 4.45. The zero-order valence-corrected chi connectivity index (χ0v) is 13.2. The van der Waals surface area contributed by atoms with Crippen LogP contribution in [-0.4, -0.2) is 0 Å². The molecule has 5 rings (SSSR count). The summed E-state index contributed by atoms with van der Waals surface area (Å²) in [5.74, 6) is 0. The predicted octanol–water partition coefficient (Wildman–Crippen LogP) is 7.01. The Hall–Kier alpha value is -2.09. The highest BCUT2D eigenvalue weighted by molar-refractivity contribution is 7.26. The van der Waals surface area contributed by atoms with E-state index in [1.54, 1.807) is 0 Å². The minimum absolute atomic E-state index is 0.800. The number of halogens is 1. The van der Waals surface area contributed by atoms with Crippen molar-refractivity contribution in [2.24, 2.45) is 0 Å². The Morgan fingerprint density at radius 3 is 2.32 bits per heavy atom. The number of hydrogen-bond donors (Lipinski definition) is 0. The van der Waals surface area contributed by atoms with E-state index in [0.717, 1.165) is 5.02 Å². The van der Waals surface area contributed by atoms with E-state index in [4.69, 9.17) is 11.6 Å². The lowest BCUT2D eigenvalue weighted by atomic mass is 10.00. The van der Waals surface area contributed by atoms with Gasteiger partial charge in [0.1, 0.15) is 0 Å². The van der Waals surface area contributed by atoms with Gasteiger partial charge in [0.2, 0.25) is 0 Å². The maximum absolute atomic E-state index is 6.15. The average Bonchev–Trinajstić information content (AvgIpc) is 2.90. The summed E-state index contributed by atoms with van der Waals surface area (Å²) >= 11 is 7.96. The summed E-state index contributed by atoms with van der Waals surface area (Å²) in [7, 11) is 0.